The van der Waals surface area contributed by atoms with E-state index in [1.807, 2.05) is 0 Å². The highest BCUT2D eigenvalue weighted by Gasteiger charge is 2.33. The lowest BCUT2D eigenvalue weighted by molar-refractivity contribution is -0.275. The fourth-order valence-corrected chi connectivity index (χ4v) is 4.27. The van der Waals surface area contributed by atoms with Crippen molar-refractivity contribution in [3.8, 4) is 58.0 Å². The number of halogens is 6. The molecule has 0 saturated heterocycles. The van der Waals surface area contributed by atoms with E-state index < -0.39 is 36.1 Å². The highest BCUT2D eigenvalue weighted by molar-refractivity contribution is 6.15. The average molecular weight is 608 g/mol. The van der Waals surface area contributed by atoms with Gasteiger partial charge in [0, 0.05) is 0 Å². The number of ether oxygens (including phenoxy) is 2. The second kappa shape index (κ2) is 10.9. The summed E-state index contributed by atoms with van der Waals surface area (Å²) in [4.78, 5) is 8.59. The third-order valence-corrected chi connectivity index (χ3v) is 5.98. The molecule has 0 radical (unpaired) electrons. The number of benzene rings is 3. The van der Waals surface area contributed by atoms with Gasteiger partial charge in [-0.3, -0.25) is 0 Å². The molecule has 218 valence electrons. The molecule has 3 aromatic carbocycles. The van der Waals surface area contributed by atoms with Crippen LogP contribution in [0, 0.1) is 45.3 Å². The summed E-state index contributed by atoms with van der Waals surface area (Å²) >= 11 is 0. The monoisotopic (exact) mass is 608 g/mol. The van der Waals surface area contributed by atoms with Crippen LogP contribution in [0.2, 0.25) is 0 Å². The summed E-state index contributed by atoms with van der Waals surface area (Å²) in [5.74, 6) is -4.89. The van der Waals surface area contributed by atoms with Crippen molar-refractivity contribution in [2.24, 2.45) is 0 Å². The zero-order valence-corrected chi connectivity index (χ0v) is 21.4. The van der Waals surface area contributed by atoms with Crippen molar-refractivity contribution < 1.29 is 44.7 Å². The molecule has 16 heteroatoms. The van der Waals surface area contributed by atoms with Crippen LogP contribution >= 0.6 is 0 Å². The number of alkyl halides is 6. The van der Waals surface area contributed by atoms with Gasteiger partial charge in [-0.2, -0.15) is 21.0 Å². The molecular weight excluding hydrogens is 598 g/mol. The van der Waals surface area contributed by atoms with E-state index in [1.54, 1.807) is 24.3 Å². The van der Waals surface area contributed by atoms with Gasteiger partial charge >= 0.3 is 12.7 Å². The Morgan fingerprint density at radius 2 is 0.886 bits per heavy atom. The number of hydrogen-bond acceptors (Lipinski definition) is 10. The molecule has 0 atom stereocenters. The summed E-state index contributed by atoms with van der Waals surface area (Å²) < 4.78 is 96.0. The third kappa shape index (κ3) is 5.60. The molecular formula is C28H10F6N6O4. The van der Waals surface area contributed by atoms with Crippen LogP contribution in [0.25, 0.3) is 44.5 Å². The standard InChI is InChI=1S/C28H10F6N6O4/c29-27(30,31)43-17-5-1-13(2-6-17)19-21-24(42-25(39-21)15(9-35)10-36)20(14-3-7-18(8-4-14)44-28(32,33)34)22-23(19)41-26(40-22)16(11-37)12-38/h1-8,15-16H. The third-order valence-electron chi connectivity index (χ3n) is 5.98. The van der Waals surface area contributed by atoms with Gasteiger partial charge in [-0.1, -0.05) is 24.3 Å². The van der Waals surface area contributed by atoms with Gasteiger partial charge in [0.05, 0.1) is 35.4 Å². The van der Waals surface area contributed by atoms with E-state index in [0.29, 0.717) is 0 Å². The molecule has 2 heterocycles. The first-order valence-corrected chi connectivity index (χ1v) is 11.9. The normalized spacial score (nSPS) is 11.7. The lowest BCUT2D eigenvalue weighted by Gasteiger charge is -2.12. The summed E-state index contributed by atoms with van der Waals surface area (Å²) in [6.45, 7) is 0. The van der Waals surface area contributed by atoms with Crippen molar-refractivity contribution in [1.82, 2.24) is 9.97 Å². The molecule has 0 aliphatic rings. The minimum absolute atomic E-state index is 0.0346. The van der Waals surface area contributed by atoms with E-state index >= 15 is 0 Å². The van der Waals surface area contributed by atoms with E-state index in [2.05, 4.69) is 19.4 Å². The van der Waals surface area contributed by atoms with Crippen molar-refractivity contribution in [1.29, 1.82) is 21.0 Å². The quantitative estimate of drug-likeness (QED) is 0.178. The van der Waals surface area contributed by atoms with Crippen molar-refractivity contribution in [2.45, 2.75) is 24.6 Å². The number of nitriles is 4. The first-order valence-electron chi connectivity index (χ1n) is 11.9. The SMILES string of the molecule is N#CC(C#N)c1nc2c(-c3ccc(OC(F)(F)F)cc3)c3oc(C(C#N)C#N)nc3c(-c3ccc(OC(F)(F)F)cc3)c2o1. The molecule has 5 rings (SSSR count). The minimum Gasteiger partial charge on any atom is -0.437 e. The van der Waals surface area contributed by atoms with Crippen molar-refractivity contribution >= 4 is 22.2 Å². The van der Waals surface area contributed by atoms with Crippen LogP contribution in [-0.2, 0) is 0 Å². The lowest BCUT2D eigenvalue weighted by Crippen LogP contribution is -2.17. The molecule has 0 bridgehead atoms. The topological polar surface area (TPSA) is 166 Å². The largest absolute Gasteiger partial charge is 0.573 e. The Hall–Kier alpha value is -6.26. The summed E-state index contributed by atoms with van der Waals surface area (Å²) in [5.41, 5.74) is -0.0361. The van der Waals surface area contributed by atoms with Crippen LogP contribution in [0.5, 0.6) is 11.5 Å². The molecule has 0 unspecified atom stereocenters. The molecule has 0 N–H and O–H groups in total. The second-order valence-corrected chi connectivity index (χ2v) is 8.74. The highest BCUT2D eigenvalue weighted by Crippen LogP contribution is 2.45. The molecule has 0 spiro atoms. The fourth-order valence-electron chi connectivity index (χ4n) is 4.27. The Labute approximate surface area is 241 Å². The molecule has 0 saturated carbocycles. The van der Waals surface area contributed by atoms with Crippen molar-refractivity contribution in [2.75, 3.05) is 0 Å². The van der Waals surface area contributed by atoms with Crippen LogP contribution in [0.15, 0.2) is 57.4 Å². The van der Waals surface area contributed by atoms with Gasteiger partial charge in [0.1, 0.15) is 22.5 Å². The fraction of sp³-hybridized carbons (Fsp3) is 0.143. The Bertz CT molecular complexity index is 1820. The van der Waals surface area contributed by atoms with E-state index in [9.17, 15) is 47.4 Å². The first kappa shape index (κ1) is 29.2. The van der Waals surface area contributed by atoms with Crippen LogP contribution in [0.1, 0.15) is 23.6 Å². The van der Waals surface area contributed by atoms with Gasteiger partial charge in [-0.15, -0.1) is 26.3 Å². The Balaban J connectivity index is 1.85. The number of oxazole rings is 2. The average Bonchev–Trinajstić information content (AvgIpc) is 3.58. The molecule has 2 aromatic heterocycles. The predicted molar refractivity (Wildman–Crippen MR) is 134 cm³/mol. The van der Waals surface area contributed by atoms with Gasteiger partial charge in [0.2, 0.25) is 23.6 Å². The number of rotatable bonds is 6. The van der Waals surface area contributed by atoms with Gasteiger partial charge in [0.15, 0.2) is 11.2 Å². The smallest absolute Gasteiger partial charge is 0.437 e. The highest BCUT2D eigenvalue weighted by atomic mass is 19.4. The van der Waals surface area contributed by atoms with Crippen LogP contribution in [0.4, 0.5) is 26.3 Å². The molecule has 0 amide bonds. The van der Waals surface area contributed by atoms with Crippen LogP contribution < -0.4 is 9.47 Å². The van der Waals surface area contributed by atoms with Gasteiger partial charge in [-0.05, 0) is 35.4 Å². The predicted octanol–water partition coefficient (Wildman–Crippen LogP) is 7.36. The van der Waals surface area contributed by atoms with E-state index in [-0.39, 0.29) is 56.2 Å². The summed E-state index contributed by atoms with van der Waals surface area (Å²) in [6.07, 6.45) is -9.95. The maximum absolute atomic E-state index is 12.7. The summed E-state index contributed by atoms with van der Waals surface area (Å²) in [5, 5.41) is 37.8. The lowest BCUT2D eigenvalue weighted by atomic mass is 9.96. The van der Waals surface area contributed by atoms with Gasteiger partial charge < -0.3 is 18.3 Å². The summed E-state index contributed by atoms with van der Waals surface area (Å²) in [6, 6.07) is 15.7. The van der Waals surface area contributed by atoms with E-state index in [1.165, 1.54) is 24.3 Å². The number of nitrogens with zero attached hydrogens (tertiary/aromatic N) is 6. The molecule has 5 aromatic rings. The maximum atomic E-state index is 12.7. The molecule has 0 fully saturated rings. The van der Waals surface area contributed by atoms with E-state index in [0.717, 1.165) is 24.3 Å². The van der Waals surface area contributed by atoms with Crippen molar-refractivity contribution in [3.05, 3.63) is 60.3 Å². The zero-order valence-electron chi connectivity index (χ0n) is 21.4. The zero-order chi connectivity index (χ0) is 31.8. The van der Waals surface area contributed by atoms with Gasteiger partial charge in [0.25, 0.3) is 0 Å². The number of fused-ring (bicyclic) bond motifs is 2. The maximum Gasteiger partial charge on any atom is 0.573 e. The Morgan fingerprint density at radius 3 is 1.16 bits per heavy atom. The van der Waals surface area contributed by atoms with Crippen LogP contribution in [-0.4, -0.2) is 22.7 Å². The molecule has 0 aliphatic carbocycles. The number of hydrogen-bond donors (Lipinski definition) is 0. The van der Waals surface area contributed by atoms with Crippen molar-refractivity contribution in [3.63, 3.8) is 0 Å². The molecule has 10 nitrogen and oxygen atoms in total. The van der Waals surface area contributed by atoms with Crippen LogP contribution in [0.3, 0.4) is 0 Å². The molecule has 44 heavy (non-hydrogen) atoms. The Kier molecular flexibility index (Phi) is 7.22. The number of aromatic nitrogens is 2. The Morgan fingerprint density at radius 1 is 0.568 bits per heavy atom. The van der Waals surface area contributed by atoms with Gasteiger partial charge in [-0.25, -0.2) is 9.97 Å². The van der Waals surface area contributed by atoms with E-state index in [4.69, 9.17) is 8.83 Å². The second-order valence-electron chi connectivity index (χ2n) is 8.74. The first-order chi connectivity index (χ1) is 20.9. The summed E-state index contributed by atoms with van der Waals surface area (Å²) in [7, 11) is 0. The minimum atomic E-state index is -4.97. The molecule has 0 aliphatic heterocycles.